The second kappa shape index (κ2) is 5.66. The van der Waals surface area contributed by atoms with Gasteiger partial charge in [0.25, 0.3) is 0 Å². The predicted octanol–water partition coefficient (Wildman–Crippen LogP) is 2.31. The van der Waals surface area contributed by atoms with Crippen molar-refractivity contribution in [3.8, 4) is 0 Å². The summed E-state index contributed by atoms with van der Waals surface area (Å²) in [6.07, 6.45) is 4.56. The van der Waals surface area contributed by atoms with Crippen molar-refractivity contribution in [2.75, 3.05) is 19.4 Å². The number of carbonyl (C=O) groups excluding carboxylic acids is 1. The van der Waals surface area contributed by atoms with Gasteiger partial charge in [-0.25, -0.2) is 12.7 Å². The molecule has 3 atom stereocenters. The summed E-state index contributed by atoms with van der Waals surface area (Å²) in [5.41, 5.74) is 0.552. The number of hydrogen-bond donors (Lipinski definition) is 1. The summed E-state index contributed by atoms with van der Waals surface area (Å²) in [5.74, 6) is 1.35. The first-order valence-electron chi connectivity index (χ1n) is 7.71. The Morgan fingerprint density at radius 2 is 2.00 bits per heavy atom. The molecule has 2 aliphatic carbocycles. The van der Waals surface area contributed by atoms with E-state index >= 15 is 0 Å². The zero-order chi connectivity index (χ0) is 15.9. The molecule has 1 amide bonds. The summed E-state index contributed by atoms with van der Waals surface area (Å²) in [7, 11) is -0.489. The van der Waals surface area contributed by atoms with Crippen LogP contribution in [0.15, 0.2) is 29.2 Å². The van der Waals surface area contributed by atoms with Crippen LogP contribution in [0.25, 0.3) is 0 Å². The third kappa shape index (κ3) is 2.77. The van der Waals surface area contributed by atoms with Crippen molar-refractivity contribution in [1.29, 1.82) is 0 Å². The van der Waals surface area contributed by atoms with Crippen molar-refractivity contribution >= 4 is 21.6 Å². The minimum absolute atomic E-state index is 0.0339. The third-order valence-corrected chi connectivity index (χ3v) is 6.77. The first-order chi connectivity index (χ1) is 10.4. The molecule has 1 aromatic carbocycles. The van der Waals surface area contributed by atoms with Gasteiger partial charge in [-0.1, -0.05) is 12.5 Å². The number of nitrogens with one attached hydrogen (secondary N) is 1. The van der Waals surface area contributed by atoms with E-state index in [2.05, 4.69) is 5.32 Å². The second-order valence-corrected chi connectivity index (χ2v) is 8.74. The van der Waals surface area contributed by atoms with Crippen molar-refractivity contribution in [3.05, 3.63) is 24.3 Å². The second-order valence-electron chi connectivity index (χ2n) is 6.59. The molecular weight excluding hydrogens is 300 g/mol. The maximum atomic E-state index is 12.4. The van der Waals surface area contributed by atoms with Crippen LogP contribution < -0.4 is 5.32 Å². The zero-order valence-corrected chi connectivity index (χ0v) is 13.8. The summed E-state index contributed by atoms with van der Waals surface area (Å²) in [5, 5.41) is 2.90. The van der Waals surface area contributed by atoms with Crippen LogP contribution in [0.1, 0.15) is 25.7 Å². The molecule has 2 saturated carbocycles. The molecule has 1 N–H and O–H groups in total. The molecule has 22 heavy (non-hydrogen) atoms. The van der Waals surface area contributed by atoms with Crippen molar-refractivity contribution in [3.63, 3.8) is 0 Å². The van der Waals surface area contributed by atoms with E-state index in [1.807, 2.05) is 0 Å². The van der Waals surface area contributed by atoms with Crippen LogP contribution in [-0.4, -0.2) is 32.7 Å². The van der Waals surface area contributed by atoms with Crippen LogP contribution in [0.3, 0.4) is 0 Å². The van der Waals surface area contributed by atoms with Crippen LogP contribution in [0.5, 0.6) is 0 Å². The number of anilines is 1. The Labute approximate surface area is 131 Å². The standard InChI is InChI=1S/C16H22N2O3S/c1-18(2)22(20,21)14-5-3-4-13(10-14)17-16(19)15-9-11-6-7-12(15)8-11/h3-5,10-12,15H,6-9H2,1-2H3,(H,17,19)/t11-,12-,15+/m0/s1. The van der Waals surface area contributed by atoms with E-state index in [9.17, 15) is 13.2 Å². The van der Waals surface area contributed by atoms with Crippen molar-refractivity contribution in [1.82, 2.24) is 4.31 Å². The van der Waals surface area contributed by atoms with Gasteiger partial charge in [-0.05, 0) is 49.3 Å². The fourth-order valence-corrected chi connectivity index (χ4v) is 4.69. The lowest BCUT2D eigenvalue weighted by atomic mass is 9.88. The Hall–Kier alpha value is -1.40. The molecule has 0 aliphatic heterocycles. The average molecular weight is 322 g/mol. The first-order valence-corrected chi connectivity index (χ1v) is 9.15. The Morgan fingerprint density at radius 1 is 1.23 bits per heavy atom. The largest absolute Gasteiger partial charge is 0.326 e. The molecule has 2 aliphatic rings. The lowest BCUT2D eigenvalue weighted by Gasteiger charge is -2.21. The Morgan fingerprint density at radius 3 is 2.59 bits per heavy atom. The highest BCUT2D eigenvalue weighted by atomic mass is 32.2. The van der Waals surface area contributed by atoms with Gasteiger partial charge in [0.15, 0.2) is 0 Å². The van der Waals surface area contributed by atoms with Gasteiger partial charge in [-0.15, -0.1) is 0 Å². The number of rotatable bonds is 4. The van der Waals surface area contributed by atoms with Gasteiger partial charge >= 0.3 is 0 Å². The number of sulfonamides is 1. The molecule has 0 unspecified atom stereocenters. The highest BCUT2D eigenvalue weighted by molar-refractivity contribution is 7.89. The lowest BCUT2D eigenvalue weighted by Crippen LogP contribution is -2.27. The van der Waals surface area contributed by atoms with Gasteiger partial charge in [0.05, 0.1) is 4.90 Å². The molecule has 0 saturated heterocycles. The number of carbonyl (C=O) groups is 1. The monoisotopic (exact) mass is 322 g/mol. The van der Waals surface area contributed by atoms with E-state index in [0.717, 1.165) is 12.8 Å². The van der Waals surface area contributed by atoms with Crippen LogP contribution in [0.4, 0.5) is 5.69 Å². The molecule has 120 valence electrons. The van der Waals surface area contributed by atoms with Crippen LogP contribution in [-0.2, 0) is 14.8 Å². The topological polar surface area (TPSA) is 66.5 Å². The molecule has 0 spiro atoms. The maximum absolute atomic E-state index is 12.4. The number of amides is 1. The normalized spacial score (nSPS) is 27.3. The van der Waals surface area contributed by atoms with E-state index in [1.165, 1.54) is 37.3 Å². The van der Waals surface area contributed by atoms with Gasteiger partial charge in [0, 0.05) is 25.7 Å². The van der Waals surface area contributed by atoms with E-state index < -0.39 is 10.0 Å². The number of hydrogen-bond acceptors (Lipinski definition) is 3. The van der Waals surface area contributed by atoms with Gasteiger partial charge in [0.1, 0.15) is 0 Å². The van der Waals surface area contributed by atoms with E-state index in [1.54, 1.807) is 18.2 Å². The number of benzene rings is 1. The molecular formula is C16H22N2O3S. The summed E-state index contributed by atoms with van der Waals surface area (Å²) >= 11 is 0. The van der Waals surface area contributed by atoms with Gasteiger partial charge < -0.3 is 5.32 Å². The molecule has 6 heteroatoms. The van der Waals surface area contributed by atoms with E-state index in [4.69, 9.17) is 0 Å². The van der Waals surface area contributed by atoms with Gasteiger partial charge in [0.2, 0.25) is 15.9 Å². The lowest BCUT2D eigenvalue weighted by molar-refractivity contribution is -0.121. The van der Waals surface area contributed by atoms with Crippen LogP contribution in [0.2, 0.25) is 0 Å². The van der Waals surface area contributed by atoms with Crippen molar-refractivity contribution < 1.29 is 13.2 Å². The molecule has 2 fully saturated rings. The first kappa shape index (κ1) is 15.5. The zero-order valence-electron chi connectivity index (χ0n) is 13.0. The van der Waals surface area contributed by atoms with E-state index in [0.29, 0.717) is 17.5 Å². The average Bonchev–Trinajstić information content (AvgIpc) is 3.10. The third-order valence-electron chi connectivity index (χ3n) is 4.96. The highest BCUT2D eigenvalue weighted by Gasteiger charge is 2.43. The molecule has 2 bridgehead atoms. The van der Waals surface area contributed by atoms with Crippen molar-refractivity contribution in [2.45, 2.75) is 30.6 Å². The number of fused-ring (bicyclic) bond motifs is 2. The minimum atomic E-state index is -3.48. The Bertz CT molecular complexity index is 684. The van der Waals surface area contributed by atoms with Gasteiger partial charge in [-0.2, -0.15) is 0 Å². The molecule has 0 radical (unpaired) electrons. The number of nitrogens with zero attached hydrogens (tertiary/aromatic N) is 1. The Balaban J connectivity index is 1.75. The van der Waals surface area contributed by atoms with Crippen LogP contribution >= 0.6 is 0 Å². The summed E-state index contributed by atoms with van der Waals surface area (Å²) < 4.78 is 25.5. The minimum Gasteiger partial charge on any atom is -0.326 e. The summed E-state index contributed by atoms with van der Waals surface area (Å²) in [6.45, 7) is 0. The SMILES string of the molecule is CN(C)S(=O)(=O)c1cccc(NC(=O)[C@@H]2C[C@H]3CC[C@H]2C3)c1. The molecule has 0 heterocycles. The fourth-order valence-electron chi connectivity index (χ4n) is 3.75. The van der Waals surface area contributed by atoms with Crippen molar-refractivity contribution in [2.24, 2.45) is 17.8 Å². The molecule has 3 rings (SSSR count). The summed E-state index contributed by atoms with van der Waals surface area (Å²) in [6, 6.07) is 6.47. The smallest absolute Gasteiger partial charge is 0.242 e. The molecule has 1 aromatic rings. The molecule has 5 nitrogen and oxygen atoms in total. The highest BCUT2D eigenvalue weighted by Crippen LogP contribution is 2.48. The van der Waals surface area contributed by atoms with Gasteiger partial charge in [-0.3, -0.25) is 4.79 Å². The maximum Gasteiger partial charge on any atom is 0.242 e. The summed E-state index contributed by atoms with van der Waals surface area (Å²) in [4.78, 5) is 12.6. The molecule has 0 aromatic heterocycles. The fraction of sp³-hybridized carbons (Fsp3) is 0.562. The van der Waals surface area contributed by atoms with Crippen LogP contribution in [0, 0.1) is 17.8 Å². The Kier molecular flexibility index (Phi) is 3.99. The predicted molar refractivity (Wildman–Crippen MR) is 84.9 cm³/mol. The quantitative estimate of drug-likeness (QED) is 0.925. The van der Waals surface area contributed by atoms with E-state index in [-0.39, 0.29) is 16.7 Å².